The van der Waals surface area contributed by atoms with Gasteiger partial charge in [-0.3, -0.25) is 14.0 Å². The lowest BCUT2D eigenvalue weighted by molar-refractivity contribution is 0.583. The molecule has 0 aliphatic carbocycles. The van der Waals surface area contributed by atoms with E-state index in [0.29, 0.717) is 23.7 Å². The second kappa shape index (κ2) is 6.85. The van der Waals surface area contributed by atoms with Crippen molar-refractivity contribution in [2.75, 3.05) is 4.72 Å². The number of aromatic nitrogens is 5. The Morgan fingerprint density at radius 3 is 2.52 bits per heavy atom. The summed E-state index contributed by atoms with van der Waals surface area (Å²) >= 11 is 6.04. The van der Waals surface area contributed by atoms with Crippen LogP contribution in [-0.2, 0) is 16.6 Å². The van der Waals surface area contributed by atoms with E-state index in [1.165, 1.54) is 24.8 Å². The molecule has 3 rings (SSSR count). The summed E-state index contributed by atoms with van der Waals surface area (Å²) in [7, 11) is -3.87. The van der Waals surface area contributed by atoms with E-state index in [4.69, 9.17) is 11.6 Å². The summed E-state index contributed by atoms with van der Waals surface area (Å²) in [6.45, 7) is 4.49. The van der Waals surface area contributed by atoms with E-state index in [9.17, 15) is 8.42 Å². The van der Waals surface area contributed by atoms with E-state index in [2.05, 4.69) is 20.0 Å². The van der Waals surface area contributed by atoms with Crippen LogP contribution in [-0.4, -0.2) is 33.0 Å². The minimum Gasteiger partial charge on any atom is -0.274 e. The Labute approximate surface area is 150 Å². The number of aryl methyl sites for hydroxylation is 1. The van der Waals surface area contributed by atoms with Crippen LogP contribution in [0.1, 0.15) is 19.0 Å². The van der Waals surface area contributed by atoms with Crippen LogP contribution < -0.4 is 4.72 Å². The molecule has 0 spiro atoms. The average Bonchev–Trinajstić information content (AvgIpc) is 3.19. The Morgan fingerprint density at radius 2 is 1.88 bits per heavy atom. The van der Waals surface area contributed by atoms with Crippen molar-refractivity contribution in [3.05, 3.63) is 47.6 Å². The topological polar surface area (TPSA) is 94.7 Å². The lowest BCUT2D eigenvalue weighted by Gasteiger charge is -2.10. The van der Waals surface area contributed by atoms with Crippen molar-refractivity contribution >= 4 is 27.3 Å². The second-order valence-corrected chi connectivity index (χ2v) is 7.47. The maximum atomic E-state index is 12.8. The minimum absolute atomic E-state index is 0.00835. The molecule has 25 heavy (non-hydrogen) atoms. The Hall–Kier alpha value is -2.39. The van der Waals surface area contributed by atoms with E-state index < -0.39 is 10.0 Å². The van der Waals surface area contributed by atoms with E-state index in [0.717, 1.165) is 6.42 Å². The molecule has 1 aromatic carbocycles. The first kappa shape index (κ1) is 17.4. The van der Waals surface area contributed by atoms with Crippen molar-refractivity contribution in [1.82, 2.24) is 24.5 Å². The van der Waals surface area contributed by atoms with Crippen molar-refractivity contribution in [2.24, 2.45) is 0 Å². The maximum Gasteiger partial charge on any atom is 0.263 e. The first-order chi connectivity index (χ1) is 11.9. The highest BCUT2D eigenvalue weighted by atomic mass is 35.5. The summed E-state index contributed by atoms with van der Waals surface area (Å²) in [5.41, 5.74) is 1.06. The number of nitrogens with one attached hydrogen (secondary N) is 1. The zero-order valence-corrected chi connectivity index (χ0v) is 15.3. The zero-order chi connectivity index (χ0) is 18.0. The lowest BCUT2D eigenvalue weighted by Crippen LogP contribution is -2.15. The number of halogens is 1. The molecule has 2 aromatic heterocycles. The molecule has 0 amide bonds. The maximum absolute atomic E-state index is 12.8. The van der Waals surface area contributed by atoms with Gasteiger partial charge in [-0.15, -0.1) is 10.2 Å². The first-order valence-electron chi connectivity index (χ1n) is 7.63. The largest absolute Gasteiger partial charge is 0.274 e. The van der Waals surface area contributed by atoms with Gasteiger partial charge in [-0.1, -0.05) is 30.7 Å². The van der Waals surface area contributed by atoms with Crippen molar-refractivity contribution in [2.45, 2.75) is 31.7 Å². The average molecular weight is 381 g/mol. The summed E-state index contributed by atoms with van der Waals surface area (Å²) in [5.74, 6) is 0.409. The van der Waals surface area contributed by atoms with Gasteiger partial charge in [-0.25, -0.2) is 8.42 Å². The second-order valence-electron chi connectivity index (χ2n) is 5.41. The summed E-state index contributed by atoms with van der Waals surface area (Å²) in [5, 5.41) is 12.2. The predicted octanol–water partition coefficient (Wildman–Crippen LogP) is 2.64. The molecule has 10 heteroatoms. The molecular formula is C15H17ClN6O2S. The van der Waals surface area contributed by atoms with Crippen molar-refractivity contribution in [3.63, 3.8) is 0 Å². The SMILES string of the molecule is CCCn1nc(-n2cnnc2)c(NS(=O)(=O)c2ccccc2Cl)c1C. The molecule has 0 radical (unpaired) electrons. The number of sulfonamides is 1. The monoisotopic (exact) mass is 380 g/mol. The highest BCUT2D eigenvalue weighted by Crippen LogP contribution is 2.29. The number of benzene rings is 1. The van der Waals surface area contributed by atoms with E-state index in [1.807, 2.05) is 6.92 Å². The van der Waals surface area contributed by atoms with E-state index in [-0.39, 0.29) is 9.92 Å². The summed E-state index contributed by atoms with van der Waals surface area (Å²) in [6.07, 6.45) is 3.79. The minimum atomic E-state index is -3.87. The molecule has 132 valence electrons. The summed E-state index contributed by atoms with van der Waals surface area (Å²) < 4.78 is 31.5. The van der Waals surface area contributed by atoms with E-state index >= 15 is 0 Å². The quantitative estimate of drug-likeness (QED) is 0.709. The molecule has 0 saturated heterocycles. The van der Waals surface area contributed by atoms with Gasteiger partial charge in [0.25, 0.3) is 10.0 Å². The van der Waals surface area contributed by atoms with Crippen LogP contribution in [0.25, 0.3) is 5.82 Å². The Balaban J connectivity index is 2.09. The van der Waals surface area contributed by atoms with E-state index in [1.54, 1.807) is 28.3 Å². The van der Waals surface area contributed by atoms with Crippen LogP contribution in [0.15, 0.2) is 41.8 Å². The number of anilines is 1. The highest BCUT2D eigenvalue weighted by molar-refractivity contribution is 7.92. The molecule has 0 aliphatic heterocycles. The van der Waals surface area contributed by atoms with Crippen LogP contribution in [0.4, 0.5) is 5.69 Å². The first-order valence-corrected chi connectivity index (χ1v) is 9.50. The van der Waals surface area contributed by atoms with Crippen molar-refractivity contribution < 1.29 is 8.42 Å². The fourth-order valence-electron chi connectivity index (χ4n) is 2.42. The standard InChI is InChI=1S/C15H17ClN6O2S/c1-3-8-22-11(2)14(15(19-22)21-9-17-18-10-21)20-25(23,24)13-7-5-4-6-12(13)16/h4-7,9-10,20H,3,8H2,1-2H3. The summed E-state index contributed by atoms with van der Waals surface area (Å²) in [6, 6.07) is 6.28. The molecule has 0 bridgehead atoms. The fraction of sp³-hybridized carbons (Fsp3) is 0.267. The van der Waals surface area contributed by atoms with Crippen LogP contribution in [0.2, 0.25) is 5.02 Å². The number of hydrogen-bond acceptors (Lipinski definition) is 5. The molecule has 2 heterocycles. The third kappa shape index (κ3) is 3.38. The molecule has 1 N–H and O–H groups in total. The van der Waals surface area contributed by atoms with Gasteiger partial charge >= 0.3 is 0 Å². The third-order valence-corrected chi connectivity index (χ3v) is 5.50. The fourth-order valence-corrected chi connectivity index (χ4v) is 4.06. The highest BCUT2D eigenvalue weighted by Gasteiger charge is 2.24. The van der Waals surface area contributed by atoms with Gasteiger partial charge in [0.2, 0.25) is 0 Å². The number of rotatable bonds is 6. The van der Waals surface area contributed by atoms with Crippen molar-refractivity contribution in [1.29, 1.82) is 0 Å². The Bertz CT molecular complexity index is 982. The molecule has 0 saturated carbocycles. The predicted molar refractivity (Wildman–Crippen MR) is 94.4 cm³/mol. The molecule has 8 nitrogen and oxygen atoms in total. The van der Waals surface area contributed by atoms with Gasteiger partial charge in [0.05, 0.1) is 10.7 Å². The van der Waals surface area contributed by atoms with Crippen LogP contribution in [0.3, 0.4) is 0 Å². The number of hydrogen-bond donors (Lipinski definition) is 1. The molecule has 0 aliphatic rings. The lowest BCUT2D eigenvalue weighted by atomic mass is 10.3. The third-order valence-electron chi connectivity index (χ3n) is 3.65. The van der Waals surface area contributed by atoms with Gasteiger partial charge in [-0.05, 0) is 25.5 Å². The van der Waals surface area contributed by atoms with Gasteiger partial charge in [0, 0.05) is 6.54 Å². The molecule has 0 unspecified atom stereocenters. The Kier molecular flexibility index (Phi) is 4.78. The van der Waals surface area contributed by atoms with Gasteiger partial charge in [0.1, 0.15) is 23.2 Å². The van der Waals surface area contributed by atoms with Gasteiger partial charge in [0.15, 0.2) is 5.82 Å². The van der Waals surface area contributed by atoms with Crippen LogP contribution in [0.5, 0.6) is 0 Å². The molecular weight excluding hydrogens is 364 g/mol. The van der Waals surface area contributed by atoms with Crippen LogP contribution >= 0.6 is 11.6 Å². The molecule has 0 atom stereocenters. The smallest absolute Gasteiger partial charge is 0.263 e. The normalized spacial score (nSPS) is 11.6. The summed E-state index contributed by atoms with van der Waals surface area (Å²) in [4.78, 5) is 0.00835. The molecule has 3 aromatic rings. The van der Waals surface area contributed by atoms with Gasteiger partial charge in [-0.2, -0.15) is 5.10 Å². The van der Waals surface area contributed by atoms with Crippen molar-refractivity contribution in [3.8, 4) is 5.82 Å². The Morgan fingerprint density at radius 1 is 1.20 bits per heavy atom. The zero-order valence-electron chi connectivity index (χ0n) is 13.7. The van der Waals surface area contributed by atoms with Crippen LogP contribution in [0, 0.1) is 6.92 Å². The van der Waals surface area contributed by atoms with Gasteiger partial charge < -0.3 is 0 Å². The molecule has 0 fully saturated rings. The number of nitrogens with zero attached hydrogens (tertiary/aromatic N) is 5.